The van der Waals surface area contributed by atoms with E-state index >= 15 is 0 Å². The first-order chi connectivity index (χ1) is 7.10. The molecule has 0 rings (SSSR count). The Morgan fingerprint density at radius 3 is 2.47 bits per heavy atom. The predicted molar refractivity (Wildman–Crippen MR) is 63.8 cm³/mol. The van der Waals surface area contributed by atoms with E-state index in [9.17, 15) is 0 Å². The SMILES string of the molecule is C=C(C\C=C/C=C(C)/N=C(\C)OC)OC. The summed E-state index contributed by atoms with van der Waals surface area (Å²) >= 11 is 0. The minimum atomic E-state index is 0.651. The van der Waals surface area contributed by atoms with Crippen LogP contribution < -0.4 is 0 Å². The van der Waals surface area contributed by atoms with Crippen LogP contribution in [0, 0.1) is 0 Å². The summed E-state index contributed by atoms with van der Waals surface area (Å²) in [4.78, 5) is 4.18. The van der Waals surface area contributed by atoms with E-state index in [0.29, 0.717) is 12.3 Å². The molecule has 0 saturated heterocycles. The van der Waals surface area contributed by atoms with Gasteiger partial charge in [0.15, 0.2) is 5.90 Å². The highest BCUT2D eigenvalue weighted by Gasteiger charge is 1.87. The third-order valence-corrected chi connectivity index (χ3v) is 1.74. The van der Waals surface area contributed by atoms with E-state index in [1.807, 2.05) is 32.1 Å². The van der Waals surface area contributed by atoms with Crippen molar-refractivity contribution in [3.8, 4) is 0 Å². The minimum Gasteiger partial charge on any atom is -0.501 e. The van der Waals surface area contributed by atoms with Gasteiger partial charge in [-0.05, 0) is 13.0 Å². The molecule has 3 heteroatoms. The van der Waals surface area contributed by atoms with Gasteiger partial charge in [0.25, 0.3) is 0 Å². The van der Waals surface area contributed by atoms with Crippen molar-refractivity contribution in [1.29, 1.82) is 0 Å². The molecule has 0 radical (unpaired) electrons. The Balaban J connectivity index is 4.11. The first-order valence-electron chi connectivity index (χ1n) is 4.74. The second-order valence-electron chi connectivity index (χ2n) is 3.02. The van der Waals surface area contributed by atoms with Gasteiger partial charge in [0.1, 0.15) is 0 Å². The van der Waals surface area contributed by atoms with Crippen molar-refractivity contribution in [2.24, 2.45) is 4.99 Å². The largest absolute Gasteiger partial charge is 0.501 e. The topological polar surface area (TPSA) is 30.8 Å². The molecule has 0 heterocycles. The molecule has 0 aromatic heterocycles. The van der Waals surface area contributed by atoms with Gasteiger partial charge in [-0.25, -0.2) is 4.99 Å². The summed E-state index contributed by atoms with van der Waals surface area (Å²) in [5, 5.41) is 0. The summed E-state index contributed by atoms with van der Waals surface area (Å²) in [6, 6.07) is 0. The number of rotatable bonds is 5. The number of hydrogen-bond acceptors (Lipinski definition) is 3. The molecule has 0 unspecified atom stereocenters. The summed E-state index contributed by atoms with van der Waals surface area (Å²) < 4.78 is 9.86. The fourth-order valence-corrected chi connectivity index (χ4v) is 0.821. The molecule has 0 amide bonds. The smallest absolute Gasteiger partial charge is 0.184 e. The summed E-state index contributed by atoms with van der Waals surface area (Å²) in [6.07, 6.45) is 6.51. The Labute approximate surface area is 91.8 Å². The quantitative estimate of drug-likeness (QED) is 0.301. The second-order valence-corrected chi connectivity index (χ2v) is 3.02. The standard InChI is InChI=1S/C12H19NO2/c1-10(13-12(3)15-5)8-6-7-9-11(2)14-4/h6-8H,2,9H2,1,3-5H3/b7-6-,10-8+,13-12+. The lowest BCUT2D eigenvalue weighted by Crippen LogP contribution is -1.92. The number of ether oxygens (including phenoxy) is 2. The summed E-state index contributed by atoms with van der Waals surface area (Å²) in [7, 11) is 3.22. The molecule has 0 fully saturated rings. The molecule has 0 bridgehead atoms. The van der Waals surface area contributed by atoms with Gasteiger partial charge in [-0.1, -0.05) is 18.7 Å². The lowest BCUT2D eigenvalue weighted by Gasteiger charge is -1.98. The Hall–Kier alpha value is -1.51. The Morgan fingerprint density at radius 2 is 1.93 bits per heavy atom. The molecular formula is C12H19NO2. The van der Waals surface area contributed by atoms with Crippen molar-refractivity contribution in [1.82, 2.24) is 0 Å². The van der Waals surface area contributed by atoms with Gasteiger partial charge in [-0.3, -0.25) is 0 Å². The molecule has 3 nitrogen and oxygen atoms in total. The maximum atomic E-state index is 4.93. The third kappa shape index (κ3) is 7.55. The zero-order chi connectivity index (χ0) is 11.7. The highest BCUT2D eigenvalue weighted by molar-refractivity contribution is 5.74. The fourth-order valence-electron chi connectivity index (χ4n) is 0.821. The molecule has 0 aliphatic heterocycles. The van der Waals surface area contributed by atoms with Crippen molar-refractivity contribution in [2.75, 3.05) is 14.2 Å². The van der Waals surface area contributed by atoms with Gasteiger partial charge in [-0.2, -0.15) is 0 Å². The van der Waals surface area contributed by atoms with E-state index in [4.69, 9.17) is 9.47 Å². The first kappa shape index (κ1) is 13.5. The number of nitrogens with zero attached hydrogens (tertiary/aromatic N) is 1. The number of hydrogen-bond donors (Lipinski definition) is 0. The van der Waals surface area contributed by atoms with Crippen LogP contribution in [0.25, 0.3) is 0 Å². The van der Waals surface area contributed by atoms with Crippen LogP contribution in [0.5, 0.6) is 0 Å². The Bertz CT molecular complexity index is 288. The molecule has 0 atom stereocenters. The van der Waals surface area contributed by atoms with Crippen LogP contribution in [0.2, 0.25) is 0 Å². The third-order valence-electron chi connectivity index (χ3n) is 1.74. The van der Waals surface area contributed by atoms with Crippen molar-refractivity contribution in [3.63, 3.8) is 0 Å². The molecule has 0 aliphatic carbocycles. The van der Waals surface area contributed by atoms with E-state index in [-0.39, 0.29) is 0 Å². The van der Waals surface area contributed by atoms with E-state index in [1.165, 1.54) is 0 Å². The minimum absolute atomic E-state index is 0.651. The van der Waals surface area contributed by atoms with Crippen LogP contribution in [0.1, 0.15) is 20.3 Å². The van der Waals surface area contributed by atoms with Crippen LogP contribution in [0.15, 0.2) is 41.3 Å². The predicted octanol–water partition coefficient (Wildman–Crippen LogP) is 3.06. The van der Waals surface area contributed by atoms with Crippen LogP contribution in [-0.2, 0) is 9.47 Å². The van der Waals surface area contributed by atoms with Crippen LogP contribution in [0.3, 0.4) is 0 Å². The number of allylic oxidation sites excluding steroid dienone is 4. The van der Waals surface area contributed by atoms with Gasteiger partial charge >= 0.3 is 0 Å². The van der Waals surface area contributed by atoms with Gasteiger partial charge < -0.3 is 9.47 Å². The van der Waals surface area contributed by atoms with Crippen molar-refractivity contribution >= 4 is 5.90 Å². The molecule has 84 valence electrons. The molecule has 0 aromatic rings. The van der Waals surface area contributed by atoms with Gasteiger partial charge in [-0.15, -0.1) is 0 Å². The normalized spacial score (nSPS) is 13.1. The first-order valence-corrected chi connectivity index (χ1v) is 4.74. The van der Waals surface area contributed by atoms with Crippen molar-refractivity contribution in [2.45, 2.75) is 20.3 Å². The molecular weight excluding hydrogens is 190 g/mol. The molecule has 0 spiro atoms. The molecule has 0 N–H and O–H groups in total. The number of aliphatic imine (C=N–C) groups is 1. The average Bonchev–Trinajstić information content (AvgIpc) is 2.23. The molecule has 15 heavy (non-hydrogen) atoms. The Kier molecular flexibility index (Phi) is 7.06. The molecule has 0 aromatic carbocycles. The van der Waals surface area contributed by atoms with Gasteiger partial charge in [0.05, 0.1) is 20.0 Å². The summed E-state index contributed by atoms with van der Waals surface area (Å²) in [5.41, 5.74) is 0.897. The summed E-state index contributed by atoms with van der Waals surface area (Å²) in [5.74, 6) is 1.40. The molecule has 0 aliphatic rings. The van der Waals surface area contributed by atoms with E-state index in [2.05, 4.69) is 11.6 Å². The van der Waals surface area contributed by atoms with Gasteiger partial charge in [0.2, 0.25) is 0 Å². The average molecular weight is 209 g/mol. The lowest BCUT2D eigenvalue weighted by molar-refractivity contribution is 0.287. The fraction of sp³-hybridized carbons (Fsp3) is 0.417. The maximum absolute atomic E-state index is 4.93. The van der Waals surface area contributed by atoms with E-state index in [1.54, 1.807) is 14.2 Å². The van der Waals surface area contributed by atoms with Crippen LogP contribution >= 0.6 is 0 Å². The zero-order valence-corrected chi connectivity index (χ0v) is 9.91. The maximum Gasteiger partial charge on any atom is 0.184 e. The highest BCUT2D eigenvalue weighted by Crippen LogP contribution is 2.01. The van der Waals surface area contributed by atoms with Crippen molar-refractivity contribution in [3.05, 3.63) is 36.3 Å². The van der Waals surface area contributed by atoms with Crippen LogP contribution in [-0.4, -0.2) is 20.1 Å². The van der Waals surface area contributed by atoms with E-state index < -0.39 is 0 Å². The monoisotopic (exact) mass is 209 g/mol. The van der Waals surface area contributed by atoms with Crippen molar-refractivity contribution < 1.29 is 9.47 Å². The van der Waals surface area contributed by atoms with Gasteiger partial charge in [0, 0.05) is 19.0 Å². The highest BCUT2D eigenvalue weighted by atomic mass is 16.5. The zero-order valence-electron chi connectivity index (χ0n) is 9.91. The molecule has 0 saturated carbocycles. The lowest BCUT2D eigenvalue weighted by atomic mass is 10.3. The summed E-state index contributed by atoms with van der Waals surface area (Å²) in [6.45, 7) is 7.44. The second kappa shape index (κ2) is 7.85. The Morgan fingerprint density at radius 1 is 1.27 bits per heavy atom. The number of methoxy groups -OCH3 is 2. The van der Waals surface area contributed by atoms with Crippen LogP contribution in [0.4, 0.5) is 0 Å². The van der Waals surface area contributed by atoms with E-state index in [0.717, 1.165) is 11.5 Å².